The molecule has 2 nitrogen and oxygen atoms in total. The second-order valence-electron chi connectivity index (χ2n) is 4.66. The summed E-state index contributed by atoms with van der Waals surface area (Å²) in [7, 11) is 0. The van der Waals surface area contributed by atoms with Gasteiger partial charge in [0, 0.05) is 5.92 Å². The van der Waals surface area contributed by atoms with Gasteiger partial charge < -0.3 is 4.74 Å². The van der Waals surface area contributed by atoms with Gasteiger partial charge in [-0.2, -0.15) is 0 Å². The highest BCUT2D eigenvalue weighted by atomic mass is 19.3. The van der Waals surface area contributed by atoms with Crippen LogP contribution in [0.5, 0.6) is 0 Å². The van der Waals surface area contributed by atoms with Gasteiger partial charge in [0.25, 0.3) is 0 Å². The molecule has 0 aliphatic rings. The Morgan fingerprint density at radius 3 is 2.22 bits per heavy atom. The number of esters is 1. The highest BCUT2D eigenvalue weighted by molar-refractivity contribution is 5.69. The molecule has 0 aromatic rings. The van der Waals surface area contributed by atoms with Gasteiger partial charge in [0.15, 0.2) is 0 Å². The van der Waals surface area contributed by atoms with Crippen molar-refractivity contribution in [1.82, 2.24) is 0 Å². The molecule has 0 aliphatic heterocycles. The van der Waals surface area contributed by atoms with Gasteiger partial charge in [-0.25, -0.2) is 8.78 Å². The minimum Gasteiger partial charge on any atom is -0.466 e. The van der Waals surface area contributed by atoms with Crippen molar-refractivity contribution in [2.45, 2.75) is 71.6 Å². The maximum atomic E-state index is 12.7. The number of hydrogen-bond donors (Lipinski definition) is 0. The lowest BCUT2D eigenvalue weighted by Gasteiger charge is -2.14. The van der Waals surface area contributed by atoms with Crippen molar-refractivity contribution in [3.63, 3.8) is 0 Å². The summed E-state index contributed by atoms with van der Waals surface area (Å²) in [5, 5.41) is 0. The zero-order valence-corrected chi connectivity index (χ0v) is 11.6. The average molecular weight is 264 g/mol. The van der Waals surface area contributed by atoms with E-state index in [9.17, 15) is 13.6 Å². The van der Waals surface area contributed by atoms with Gasteiger partial charge in [-0.3, -0.25) is 4.79 Å². The van der Waals surface area contributed by atoms with Crippen LogP contribution in [-0.2, 0) is 9.53 Å². The first-order valence-corrected chi connectivity index (χ1v) is 7.05. The summed E-state index contributed by atoms with van der Waals surface area (Å²) >= 11 is 0. The monoisotopic (exact) mass is 264 g/mol. The minimum absolute atomic E-state index is 0.152. The van der Waals surface area contributed by atoms with Gasteiger partial charge in [0.05, 0.1) is 13.0 Å². The summed E-state index contributed by atoms with van der Waals surface area (Å²) in [4.78, 5) is 11.2. The largest absolute Gasteiger partial charge is 0.466 e. The van der Waals surface area contributed by atoms with Gasteiger partial charge in [-0.1, -0.05) is 45.4 Å². The highest BCUT2D eigenvalue weighted by Gasteiger charge is 2.23. The number of unbranched alkanes of at least 4 members (excludes halogenated alkanes) is 5. The zero-order valence-electron chi connectivity index (χ0n) is 11.6. The number of hydrogen-bond acceptors (Lipinski definition) is 2. The van der Waals surface area contributed by atoms with Gasteiger partial charge in [0.2, 0.25) is 6.43 Å². The lowest BCUT2D eigenvalue weighted by molar-refractivity contribution is -0.145. The van der Waals surface area contributed by atoms with E-state index in [0.717, 1.165) is 19.3 Å². The number of halogens is 2. The van der Waals surface area contributed by atoms with Crippen molar-refractivity contribution < 1.29 is 18.3 Å². The first-order chi connectivity index (χ1) is 8.61. The van der Waals surface area contributed by atoms with Crippen LogP contribution in [0.15, 0.2) is 0 Å². The van der Waals surface area contributed by atoms with Crippen LogP contribution in [0, 0.1) is 5.92 Å². The topological polar surface area (TPSA) is 26.3 Å². The predicted molar refractivity (Wildman–Crippen MR) is 68.7 cm³/mol. The molecule has 0 aromatic heterocycles. The van der Waals surface area contributed by atoms with Crippen LogP contribution in [0.2, 0.25) is 0 Å². The van der Waals surface area contributed by atoms with Crippen LogP contribution >= 0.6 is 0 Å². The molecule has 0 bridgehead atoms. The Kier molecular flexibility index (Phi) is 11.0. The number of carbonyl (C=O) groups is 1. The molecule has 0 N–H and O–H groups in total. The fraction of sp³-hybridized carbons (Fsp3) is 0.929. The fourth-order valence-electron chi connectivity index (χ4n) is 1.94. The molecular formula is C14H26F2O2. The molecule has 4 heteroatoms. The molecule has 0 rings (SSSR count). The second-order valence-corrected chi connectivity index (χ2v) is 4.66. The van der Waals surface area contributed by atoms with Crippen LogP contribution < -0.4 is 0 Å². The van der Waals surface area contributed by atoms with E-state index in [-0.39, 0.29) is 13.0 Å². The van der Waals surface area contributed by atoms with E-state index in [2.05, 4.69) is 6.92 Å². The standard InChI is InChI=1S/C14H26F2O2/c1-3-5-6-7-8-9-10-12(14(15)16)11-13(17)18-4-2/h12,14H,3-11H2,1-2H3/t12-/m1/s1. The Morgan fingerprint density at radius 2 is 1.67 bits per heavy atom. The third kappa shape index (κ3) is 9.37. The molecule has 0 heterocycles. The lowest BCUT2D eigenvalue weighted by atomic mass is 9.97. The van der Waals surface area contributed by atoms with Gasteiger partial charge in [-0.15, -0.1) is 0 Å². The highest BCUT2D eigenvalue weighted by Crippen LogP contribution is 2.22. The van der Waals surface area contributed by atoms with E-state index in [4.69, 9.17) is 4.74 Å². The van der Waals surface area contributed by atoms with E-state index in [0.29, 0.717) is 6.42 Å². The Labute approximate surface area is 109 Å². The third-order valence-corrected chi connectivity index (χ3v) is 3.02. The van der Waals surface area contributed by atoms with Crippen molar-refractivity contribution in [3.05, 3.63) is 0 Å². The van der Waals surface area contributed by atoms with Crippen molar-refractivity contribution in [2.24, 2.45) is 5.92 Å². The van der Waals surface area contributed by atoms with Crippen molar-refractivity contribution in [2.75, 3.05) is 6.61 Å². The molecule has 0 unspecified atom stereocenters. The fourth-order valence-corrected chi connectivity index (χ4v) is 1.94. The number of alkyl halides is 2. The summed E-state index contributed by atoms with van der Waals surface area (Å²) in [5.74, 6) is -1.34. The van der Waals surface area contributed by atoms with Gasteiger partial charge in [-0.05, 0) is 13.3 Å². The summed E-state index contributed by atoms with van der Waals surface area (Å²) in [5.41, 5.74) is 0. The van der Waals surface area contributed by atoms with E-state index in [1.54, 1.807) is 6.92 Å². The lowest BCUT2D eigenvalue weighted by Crippen LogP contribution is -2.18. The first-order valence-electron chi connectivity index (χ1n) is 7.05. The van der Waals surface area contributed by atoms with Gasteiger partial charge in [0.1, 0.15) is 0 Å². The number of rotatable bonds is 11. The molecule has 0 amide bonds. The summed E-state index contributed by atoms with van der Waals surface area (Å²) in [6.45, 7) is 4.08. The Morgan fingerprint density at radius 1 is 1.06 bits per heavy atom. The molecule has 1 atom stereocenters. The Hall–Kier alpha value is -0.670. The average Bonchev–Trinajstić information content (AvgIpc) is 2.32. The van der Waals surface area contributed by atoms with Crippen molar-refractivity contribution in [1.29, 1.82) is 0 Å². The van der Waals surface area contributed by atoms with E-state index >= 15 is 0 Å². The molecule has 0 radical (unpaired) electrons. The number of ether oxygens (including phenoxy) is 1. The van der Waals surface area contributed by atoms with Crippen molar-refractivity contribution >= 4 is 5.97 Å². The molecule has 0 fully saturated rings. The van der Waals surface area contributed by atoms with Gasteiger partial charge >= 0.3 is 5.97 Å². The molecule has 0 spiro atoms. The van der Waals surface area contributed by atoms with Crippen LogP contribution in [-0.4, -0.2) is 19.0 Å². The smallest absolute Gasteiger partial charge is 0.306 e. The second kappa shape index (κ2) is 11.4. The Bertz CT molecular complexity index is 208. The van der Waals surface area contributed by atoms with Crippen LogP contribution in [0.3, 0.4) is 0 Å². The zero-order chi connectivity index (χ0) is 13.8. The summed E-state index contributed by atoms with van der Waals surface area (Å²) in [6, 6.07) is 0. The molecule has 108 valence electrons. The molecule has 0 saturated heterocycles. The summed E-state index contributed by atoms with van der Waals surface area (Å²) < 4.78 is 30.2. The summed E-state index contributed by atoms with van der Waals surface area (Å²) in [6.07, 6.45) is 4.26. The van der Waals surface area contributed by atoms with E-state index in [1.165, 1.54) is 19.3 Å². The minimum atomic E-state index is -2.43. The van der Waals surface area contributed by atoms with Crippen molar-refractivity contribution in [3.8, 4) is 0 Å². The molecule has 18 heavy (non-hydrogen) atoms. The number of carbonyl (C=O) groups excluding carboxylic acids is 1. The maximum Gasteiger partial charge on any atom is 0.306 e. The first kappa shape index (κ1) is 17.3. The van der Waals surface area contributed by atoms with E-state index < -0.39 is 18.3 Å². The normalized spacial score (nSPS) is 12.7. The molecular weight excluding hydrogens is 238 g/mol. The van der Waals surface area contributed by atoms with Crippen LogP contribution in [0.4, 0.5) is 8.78 Å². The van der Waals surface area contributed by atoms with E-state index in [1.807, 2.05) is 0 Å². The molecule has 0 aromatic carbocycles. The van der Waals surface area contributed by atoms with Crippen LogP contribution in [0.1, 0.15) is 65.2 Å². The maximum absolute atomic E-state index is 12.7. The SMILES string of the molecule is CCCCCCCC[C@H](CC(=O)OCC)C(F)F. The van der Waals surface area contributed by atoms with Crippen LogP contribution in [0.25, 0.3) is 0 Å². The quantitative estimate of drug-likeness (QED) is 0.403. The predicted octanol–water partition coefficient (Wildman–Crippen LogP) is 4.57. The Balaban J connectivity index is 3.73. The molecule has 0 saturated carbocycles. The third-order valence-electron chi connectivity index (χ3n) is 3.02. The molecule has 0 aliphatic carbocycles.